The molecule has 0 bridgehead atoms. The number of nitrogens with one attached hydrogen (secondary N) is 1. The van der Waals surface area contributed by atoms with Crippen LogP contribution in [-0.4, -0.2) is 17.5 Å². The Morgan fingerprint density at radius 2 is 2.13 bits per heavy atom. The molecule has 1 aliphatic heterocycles. The third kappa shape index (κ3) is 3.71. The average molecular weight is 242 g/mol. The van der Waals surface area contributed by atoms with Crippen LogP contribution in [0.1, 0.15) is 18.4 Å². The molecule has 82 valence electrons. The summed E-state index contributed by atoms with van der Waals surface area (Å²) in [5.41, 5.74) is 1.28. The smallest absolute Gasteiger partial charge is 0.0409 e. The van der Waals surface area contributed by atoms with Gasteiger partial charge < -0.3 is 5.32 Å². The van der Waals surface area contributed by atoms with Crippen molar-refractivity contribution in [1.29, 1.82) is 0 Å². The quantitative estimate of drug-likeness (QED) is 0.872. The normalized spacial score (nSPS) is 17.9. The van der Waals surface area contributed by atoms with E-state index in [1.165, 1.54) is 29.9 Å². The van der Waals surface area contributed by atoms with Gasteiger partial charge in [-0.25, -0.2) is 0 Å². The van der Waals surface area contributed by atoms with Crippen molar-refractivity contribution in [3.8, 4) is 0 Å². The maximum atomic E-state index is 5.94. The van der Waals surface area contributed by atoms with Crippen LogP contribution < -0.4 is 5.32 Å². The number of halogens is 1. The molecule has 0 saturated carbocycles. The summed E-state index contributed by atoms with van der Waals surface area (Å²) in [5.74, 6) is 2.60. The lowest BCUT2D eigenvalue weighted by Gasteiger charge is -2.22. The Bertz CT molecular complexity index is 310. The summed E-state index contributed by atoms with van der Waals surface area (Å²) in [6, 6.07) is 8.78. The Labute approximate surface area is 101 Å². The molecular weight excluding hydrogens is 226 g/mol. The summed E-state index contributed by atoms with van der Waals surface area (Å²) in [6.07, 6.45) is 2.59. The van der Waals surface area contributed by atoms with Crippen LogP contribution in [0.4, 0.5) is 0 Å². The van der Waals surface area contributed by atoms with Gasteiger partial charge in [0.25, 0.3) is 0 Å². The molecular formula is C12H16ClNS. The first-order chi connectivity index (χ1) is 7.34. The van der Waals surface area contributed by atoms with Crippen LogP contribution in [0, 0.1) is 0 Å². The Morgan fingerprint density at radius 3 is 2.87 bits per heavy atom. The molecule has 2 rings (SSSR count). The van der Waals surface area contributed by atoms with Crippen molar-refractivity contribution < 1.29 is 0 Å². The molecule has 0 aromatic heterocycles. The van der Waals surface area contributed by atoms with Crippen LogP contribution in [0.2, 0.25) is 5.02 Å². The van der Waals surface area contributed by atoms with Gasteiger partial charge in [0.15, 0.2) is 0 Å². The highest BCUT2D eigenvalue weighted by Gasteiger charge is 2.12. The van der Waals surface area contributed by atoms with E-state index in [0.717, 1.165) is 11.6 Å². The molecule has 0 radical (unpaired) electrons. The van der Waals surface area contributed by atoms with Crippen LogP contribution in [0.3, 0.4) is 0 Å². The van der Waals surface area contributed by atoms with Crippen molar-refractivity contribution in [3.63, 3.8) is 0 Å². The van der Waals surface area contributed by atoms with Crippen LogP contribution in [0.25, 0.3) is 0 Å². The Kier molecular flexibility index (Phi) is 4.36. The third-order valence-electron chi connectivity index (χ3n) is 2.71. The van der Waals surface area contributed by atoms with Gasteiger partial charge in [0.2, 0.25) is 0 Å². The molecule has 15 heavy (non-hydrogen) atoms. The van der Waals surface area contributed by atoms with E-state index < -0.39 is 0 Å². The van der Waals surface area contributed by atoms with Crippen molar-refractivity contribution in [2.24, 2.45) is 0 Å². The van der Waals surface area contributed by atoms with Gasteiger partial charge in [-0.15, -0.1) is 0 Å². The average Bonchev–Trinajstić information content (AvgIpc) is 2.28. The molecule has 1 aliphatic rings. The summed E-state index contributed by atoms with van der Waals surface area (Å²) < 4.78 is 0. The van der Waals surface area contributed by atoms with E-state index in [-0.39, 0.29) is 0 Å². The summed E-state index contributed by atoms with van der Waals surface area (Å²) >= 11 is 8.00. The lowest BCUT2D eigenvalue weighted by Crippen LogP contribution is -2.31. The minimum atomic E-state index is 0.699. The Hall–Kier alpha value is -0.180. The molecule has 1 aromatic rings. The Balaban J connectivity index is 1.81. The van der Waals surface area contributed by atoms with E-state index in [1.54, 1.807) is 0 Å². The van der Waals surface area contributed by atoms with Crippen molar-refractivity contribution in [2.45, 2.75) is 25.4 Å². The van der Waals surface area contributed by atoms with Crippen LogP contribution in [-0.2, 0) is 6.54 Å². The lowest BCUT2D eigenvalue weighted by atomic mass is 10.1. The van der Waals surface area contributed by atoms with Crippen molar-refractivity contribution >= 4 is 23.4 Å². The number of hydrogen-bond acceptors (Lipinski definition) is 2. The second kappa shape index (κ2) is 5.78. The predicted molar refractivity (Wildman–Crippen MR) is 68.6 cm³/mol. The van der Waals surface area contributed by atoms with Crippen LogP contribution in [0.15, 0.2) is 24.3 Å². The first-order valence-electron chi connectivity index (χ1n) is 5.40. The van der Waals surface area contributed by atoms with E-state index in [1.807, 2.05) is 18.2 Å². The standard InChI is InChI=1S/C12H16ClNS/c13-11-3-1-2-10(8-11)9-14-12-4-6-15-7-5-12/h1-3,8,12,14H,4-7,9H2. The van der Waals surface area contributed by atoms with Gasteiger partial charge in [0.05, 0.1) is 0 Å². The fourth-order valence-corrected chi connectivity index (χ4v) is 3.13. The number of thioether (sulfide) groups is 1. The molecule has 0 atom stereocenters. The molecule has 1 nitrogen and oxygen atoms in total. The molecule has 1 heterocycles. The fourth-order valence-electron chi connectivity index (χ4n) is 1.81. The molecule has 1 N–H and O–H groups in total. The first-order valence-corrected chi connectivity index (χ1v) is 6.93. The van der Waals surface area contributed by atoms with Crippen molar-refractivity contribution in [3.05, 3.63) is 34.9 Å². The second-order valence-electron chi connectivity index (χ2n) is 3.90. The van der Waals surface area contributed by atoms with Gasteiger partial charge >= 0.3 is 0 Å². The monoisotopic (exact) mass is 241 g/mol. The molecule has 1 aromatic carbocycles. The van der Waals surface area contributed by atoms with Gasteiger partial charge in [-0.05, 0) is 42.0 Å². The highest BCUT2D eigenvalue weighted by atomic mass is 35.5. The molecule has 0 amide bonds. The predicted octanol–water partition coefficient (Wildman–Crippen LogP) is 3.33. The minimum absolute atomic E-state index is 0.699. The molecule has 1 saturated heterocycles. The molecule has 1 fully saturated rings. The van der Waals surface area contributed by atoms with Crippen molar-refractivity contribution in [2.75, 3.05) is 11.5 Å². The molecule has 0 aliphatic carbocycles. The largest absolute Gasteiger partial charge is 0.310 e. The first kappa shape index (κ1) is 11.3. The SMILES string of the molecule is Clc1cccc(CNC2CCSCC2)c1. The van der Waals surface area contributed by atoms with E-state index in [2.05, 4.69) is 23.1 Å². The maximum absolute atomic E-state index is 5.94. The van der Waals surface area contributed by atoms with Crippen LogP contribution >= 0.6 is 23.4 Å². The zero-order valence-electron chi connectivity index (χ0n) is 8.71. The molecule has 0 spiro atoms. The second-order valence-corrected chi connectivity index (χ2v) is 5.56. The maximum Gasteiger partial charge on any atom is 0.0409 e. The number of rotatable bonds is 3. The third-order valence-corrected chi connectivity index (χ3v) is 3.99. The fraction of sp³-hybridized carbons (Fsp3) is 0.500. The highest BCUT2D eigenvalue weighted by Crippen LogP contribution is 2.17. The van der Waals surface area contributed by atoms with Crippen LogP contribution in [0.5, 0.6) is 0 Å². The van der Waals surface area contributed by atoms with Gasteiger partial charge in [-0.3, -0.25) is 0 Å². The van der Waals surface area contributed by atoms with Gasteiger partial charge in [-0.2, -0.15) is 11.8 Å². The summed E-state index contributed by atoms with van der Waals surface area (Å²) in [6.45, 7) is 0.940. The lowest BCUT2D eigenvalue weighted by molar-refractivity contribution is 0.482. The van der Waals surface area contributed by atoms with E-state index in [0.29, 0.717) is 6.04 Å². The van der Waals surface area contributed by atoms with E-state index in [4.69, 9.17) is 11.6 Å². The zero-order valence-corrected chi connectivity index (χ0v) is 10.3. The van der Waals surface area contributed by atoms with E-state index >= 15 is 0 Å². The number of benzene rings is 1. The summed E-state index contributed by atoms with van der Waals surface area (Å²) in [5, 5.41) is 4.42. The van der Waals surface area contributed by atoms with Gasteiger partial charge in [0, 0.05) is 17.6 Å². The summed E-state index contributed by atoms with van der Waals surface area (Å²) in [7, 11) is 0. The topological polar surface area (TPSA) is 12.0 Å². The molecule has 3 heteroatoms. The minimum Gasteiger partial charge on any atom is -0.310 e. The number of hydrogen-bond donors (Lipinski definition) is 1. The van der Waals surface area contributed by atoms with E-state index in [9.17, 15) is 0 Å². The van der Waals surface area contributed by atoms with Gasteiger partial charge in [-0.1, -0.05) is 23.7 Å². The molecule has 0 unspecified atom stereocenters. The Morgan fingerprint density at radius 1 is 1.33 bits per heavy atom. The summed E-state index contributed by atoms with van der Waals surface area (Å²) in [4.78, 5) is 0. The van der Waals surface area contributed by atoms with Gasteiger partial charge in [0.1, 0.15) is 0 Å². The van der Waals surface area contributed by atoms with Crippen molar-refractivity contribution in [1.82, 2.24) is 5.32 Å². The highest BCUT2D eigenvalue weighted by molar-refractivity contribution is 7.99. The zero-order chi connectivity index (χ0) is 10.5.